The Kier molecular flexibility index (Phi) is 6.12. The van der Waals surface area contributed by atoms with Crippen LogP contribution in [0, 0.1) is 5.92 Å². The van der Waals surface area contributed by atoms with Crippen molar-refractivity contribution in [2.24, 2.45) is 5.92 Å². The maximum Gasteiger partial charge on any atom is 0.371 e. The van der Waals surface area contributed by atoms with Gasteiger partial charge in [0.15, 0.2) is 5.09 Å². The third kappa shape index (κ3) is 4.29. The average Bonchev–Trinajstić information content (AvgIpc) is 2.83. The van der Waals surface area contributed by atoms with Crippen LogP contribution in [0.3, 0.4) is 0 Å². The van der Waals surface area contributed by atoms with E-state index in [-0.39, 0.29) is 10.9 Å². The number of hydrogen-bond acceptors (Lipinski definition) is 3. The van der Waals surface area contributed by atoms with E-state index in [0.29, 0.717) is 11.7 Å². The summed E-state index contributed by atoms with van der Waals surface area (Å²) in [6, 6.07) is 2.84. The highest BCUT2D eigenvalue weighted by molar-refractivity contribution is 7.84. The molecule has 0 aromatic carbocycles. The molecule has 0 fully saturated rings. The summed E-state index contributed by atoms with van der Waals surface area (Å²) >= 11 is 0. The maximum absolute atomic E-state index is 12.0. The van der Waals surface area contributed by atoms with Crippen LogP contribution < -0.4 is 0 Å². The number of carbonyl (C=O) groups is 1. The number of carboxylic acid groups (broad SMARTS) is 1. The van der Waals surface area contributed by atoms with E-state index in [1.165, 1.54) is 12.1 Å². The van der Waals surface area contributed by atoms with Crippen LogP contribution in [0.1, 0.15) is 50.1 Å². The molecule has 2 atom stereocenters. The molecule has 0 spiro atoms. The molecular formula is C13H20O4S. The van der Waals surface area contributed by atoms with E-state index < -0.39 is 16.8 Å². The van der Waals surface area contributed by atoms with Gasteiger partial charge in [0.1, 0.15) is 0 Å². The Morgan fingerprint density at radius 3 is 2.67 bits per heavy atom. The van der Waals surface area contributed by atoms with Gasteiger partial charge in [0.05, 0.1) is 10.8 Å². The van der Waals surface area contributed by atoms with E-state index in [1.54, 1.807) is 0 Å². The molecule has 0 aliphatic heterocycles. The van der Waals surface area contributed by atoms with Crippen molar-refractivity contribution < 1.29 is 18.5 Å². The zero-order chi connectivity index (χ0) is 13.5. The quantitative estimate of drug-likeness (QED) is 0.788. The predicted octanol–water partition coefficient (Wildman–Crippen LogP) is 3.30. The second kappa shape index (κ2) is 7.36. The molecule has 102 valence electrons. The topological polar surface area (TPSA) is 67.5 Å². The number of rotatable bonds is 8. The van der Waals surface area contributed by atoms with Crippen LogP contribution >= 0.6 is 0 Å². The van der Waals surface area contributed by atoms with Gasteiger partial charge >= 0.3 is 5.97 Å². The van der Waals surface area contributed by atoms with Gasteiger partial charge in [0.25, 0.3) is 0 Å². The number of carboxylic acids is 1. The fourth-order valence-corrected chi connectivity index (χ4v) is 3.15. The normalized spacial score (nSPS) is 14.3. The number of hydrogen-bond donors (Lipinski definition) is 1. The number of furan rings is 1. The molecule has 1 heterocycles. The lowest BCUT2D eigenvalue weighted by Gasteiger charge is -2.12. The summed E-state index contributed by atoms with van der Waals surface area (Å²) in [6.07, 6.45) is 4.31. The van der Waals surface area contributed by atoms with Gasteiger partial charge in [-0.15, -0.1) is 0 Å². The number of unbranched alkanes of at least 4 members (excludes halogenated alkanes) is 1. The van der Waals surface area contributed by atoms with Gasteiger partial charge < -0.3 is 9.52 Å². The Labute approximate surface area is 110 Å². The minimum atomic E-state index is -1.24. The summed E-state index contributed by atoms with van der Waals surface area (Å²) in [5.74, 6) is -0.330. The van der Waals surface area contributed by atoms with Crippen LogP contribution in [0.25, 0.3) is 0 Å². The third-order valence-corrected chi connectivity index (χ3v) is 4.39. The molecule has 1 aromatic heterocycles. The first kappa shape index (κ1) is 15.0. The summed E-state index contributed by atoms with van der Waals surface area (Å²) in [4.78, 5) is 10.7. The van der Waals surface area contributed by atoms with Crippen molar-refractivity contribution in [1.82, 2.24) is 0 Å². The maximum atomic E-state index is 12.0. The molecule has 4 nitrogen and oxygen atoms in total. The zero-order valence-electron chi connectivity index (χ0n) is 10.8. The van der Waals surface area contributed by atoms with Crippen molar-refractivity contribution in [3.63, 3.8) is 0 Å². The van der Waals surface area contributed by atoms with E-state index in [1.807, 2.05) is 0 Å². The Bertz CT molecular complexity index is 411. The van der Waals surface area contributed by atoms with E-state index >= 15 is 0 Å². The van der Waals surface area contributed by atoms with E-state index in [9.17, 15) is 9.00 Å². The van der Waals surface area contributed by atoms with Crippen LogP contribution in [0.2, 0.25) is 0 Å². The smallest absolute Gasteiger partial charge is 0.371 e. The highest BCUT2D eigenvalue weighted by atomic mass is 32.2. The zero-order valence-corrected chi connectivity index (χ0v) is 11.7. The third-order valence-electron chi connectivity index (χ3n) is 2.95. The summed E-state index contributed by atoms with van der Waals surface area (Å²) < 4.78 is 17.1. The molecule has 0 saturated heterocycles. The van der Waals surface area contributed by atoms with Crippen molar-refractivity contribution in [2.75, 3.05) is 5.75 Å². The van der Waals surface area contributed by atoms with Crippen LogP contribution in [0.4, 0.5) is 0 Å². The van der Waals surface area contributed by atoms with E-state index in [0.717, 1.165) is 25.7 Å². The standard InChI is InChI=1S/C13H20O4S/c1-3-5-6-10(4-2)9-18(16)12-8-7-11(17-12)13(14)15/h7-8,10H,3-6,9H2,1-2H3,(H,14,15). The van der Waals surface area contributed by atoms with Crippen LogP contribution in [-0.4, -0.2) is 21.0 Å². The minimum Gasteiger partial charge on any atom is -0.475 e. The molecule has 1 rings (SSSR count). The fourth-order valence-electron chi connectivity index (χ4n) is 1.75. The first-order valence-corrected chi connectivity index (χ1v) is 7.61. The van der Waals surface area contributed by atoms with E-state index in [4.69, 9.17) is 9.52 Å². The lowest BCUT2D eigenvalue weighted by molar-refractivity contribution is 0.0656. The lowest BCUT2D eigenvalue weighted by atomic mass is 10.0. The molecule has 1 N–H and O–H groups in total. The first-order valence-electron chi connectivity index (χ1n) is 6.30. The Hall–Kier alpha value is -1.10. The molecule has 0 saturated carbocycles. The van der Waals surface area contributed by atoms with Crippen molar-refractivity contribution in [1.29, 1.82) is 0 Å². The molecule has 0 radical (unpaired) electrons. The van der Waals surface area contributed by atoms with Crippen molar-refractivity contribution in [3.05, 3.63) is 17.9 Å². The second-order valence-corrected chi connectivity index (χ2v) is 5.78. The van der Waals surface area contributed by atoms with Gasteiger partial charge in [-0.25, -0.2) is 4.79 Å². The number of aromatic carboxylic acids is 1. The fraction of sp³-hybridized carbons (Fsp3) is 0.615. The molecule has 0 amide bonds. The van der Waals surface area contributed by atoms with Crippen molar-refractivity contribution >= 4 is 16.8 Å². The Morgan fingerprint density at radius 2 is 2.17 bits per heavy atom. The monoisotopic (exact) mass is 272 g/mol. The van der Waals surface area contributed by atoms with E-state index in [2.05, 4.69) is 13.8 Å². The molecule has 0 aliphatic rings. The summed E-state index contributed by atoms with van der Waals surface area (Å²) in [7, 11) is -1.24. The molecule has 2 unspecified atom stereocenters. The predicted molar refractivity (Wildman–Crippen MR) is 70.2 cm³/mol. The summed E-state index contributed by atoms with van der Waals surface area (Å²) in [5, 5.41) is 9.00. The average molecular weight is 272 g/mol. The molecule has 18 heavy (non-hydrogen) atoms. The minimum absolute atomic E-state index is 0.153. The summed E-state index contributed by atoms with van der Waals surface area (Å²) in [6.45, 7) is 4.22. The van der Waals surface area contributed by atoms with Gasteiger partial charge in [-0.05, 0) is 24.5 Å². The first-order chi connectivity index (χ1) is 8.58. The van der Waals surface area contributed by atoms with Gasteiger partial charge in [0.2, 0.25) is 5.76 Å². The van der Waals surface area contributed by atoms with Gasteiger partial charge in [0, 0.05) is 5.75 Å². The summed E-state index contributed by atoms with van der Waals surface area (Å²) in [5.41, 5.74) is 0. The second-order valence-electron chi connectivity index (χ2n) is 4.35. The SMILES string of the molecule is CCCCC(CC)CS(=O)c1ccc(C(=O)O)o1. The molecule has 0 bridgehead atoms. The van der Waals surface area contributed by atoms with Crippen LogP contribution in [0.15, 0.2) is 21.6 Å². The largest absolute Gasteiger partial charge is 0.475 e. The Balaban J connectivity index is 2.59. The molecule has 5 heteroatoms. The Morgan fingerprint density at radius 1 is 1.44 bits per heavy atom. The highest BCUT2D eigenvalue weighted by Crippen LogP contribution is 2.19. The van der Waals surface area contributed by atoms with Gasteiger partial charge in [-0.2, -0.15) is 0 Å². The molecule has 0 aliphatic carbocycles. The van der Waals surface area contributed by atoms with Gasteiger partial charge in [-0.1, -0.05) is 33.1 Å². The highest BCUT2D eigenvalue weighted by Gasteiger charge is 2.17. The van der Waals surface area contributed by atoms with Gasteiger partial charge in [-0.3, -0.25) is 4.21 Å². The molecular weight excluding hydrogens is 252 g/mol. The molecule has 1 aromatic rings. The van der Waals surface area contributed by atoms with Crippen LogP contribution in [0.5, 0.6) is 0 Å². The van der Waals surface area contributed by atoms with Crippen molar-refractivity contribution in [2.45, 2.75) is 44.6 Å². The van der Waals surface area contributed by atoms with Crippen LogP contribution in [-0.2, 0) is 10.8 Å². The van der Waals surface area contributed by atoms with Crippen molar-refractivity contribution in [3.8, 4) is 0 Å². The lowest BCUT2D eigenvalue weighted by Crippen LogP contribution is -2.10.